The molecule has 0 aliphatic rings. The highest BCUT2D eigenvalue weighted by Gasteiger charge is 2.41. The molecule has 0 saturated carbocycles. The fourth-order valence-corrected chi connectivity index (χ4v) is 7.45. The zero-order valence-corrected chi connectivity index (χ0v) is 11.3. The van der Waals surface area contributed by atoms with Crippen LogP contribution in [0.2, 0.25) is 5.54 Å². The van der Waals surface area contributed by atoms with Gasteiger partial charge in [-0.25, -0.2) is 0 Å². The fraction of sp³-hybridized carbons (Fsp3) is 1.00. The summed E-state index contributed by atoms with van der Waals surface area (Å²) in [5.74, 6) is 0.989. The minimum Gasteiger partial charge on any atom is -0.126 e. The maximum absolute atomic E-state index is 6.04. The summed E-state index contributed by atoms with van der Waals surface area (Å²) in [5.41, 5.74) is 0.285. The molecule has 0 aromatic rings. The summed E-state index contributed by atoms with van der Waals surface area (Å²) in [7, 11) is 0. The van der Waals surface area contributed by atoms with Crippen LogP contribution in [0, 0.1) is 11.8 Å². The van der Waals surface area contributed by atoms with Crippen molar-refractivity contribution in [2.45, 2.75) is 39.7 Å². The molecular weight excluding hydrogens is 231 g/mol. The third-order valence-corrected chi connectivity index (χ3v) is 6.61. The van der Waals surface area contributed by atoms with Crippen LogP contribution in [0.15, 0.2) is 0 Å². The minimum atomic E-state index is -2.52. The van der Waals surface area contributed by atoms with E-state index in [9.17, 15) is 0 Å². The van der Waals surface area contributed by atoms with E-state index >= 15 is 0 Å². The standard InChI is InChI=1S/C8H17Cl3Si/c1-5-7(4)8(6(2)3)12(9,10)11/h6-8H,5H2,1-4H3. The average Bonchev–Trinajstić information content (AvgIpc) is 1.83. The molecule has 0 bridgehead atoms. The van der Waals surface area contributed by atoms with Gasteiger partial charge in [-0.05, 0) is 17.4 Å². The molecule has 2 unspecified atom stereocenters. The first-order valence-electron chi connectivity index (χ1n) is 4.37. The second-order valence-corrected chi connectivity index (χ2v) is 12.6. The van der Waals surface area contributed by atoms with Gasteiger partial charge in [0.05, 0.1) is 0 Å². The lowest BCUT2D eigenvalue weighted by Gasteiger charge is -2.30. The molecule has 0 nitrogen and oxygen atoms in total. The Morgan fingerprint density at radius 3 is 1.58 bits per heavy atom. The van der Waals surface area contributed by atoms with Gasteiger partial charge in [0, 0.05) is 0 Å². The molecule has 74 valence electrons. The molecule has 12 heavy (non-hydrogen) atoms. The zero-order valence-electron chi connectivity index (χ0n) is 8.07. The lowest BCUT2D eigenvalue weighted by atomic mass is 9.96. The molecule has 0 aliphatic heterocycles. The van der Waals surface area contributed by atoms with Gasteiger partial charge < -0.3 is 0 Å². The van der Waals surface area contributed by atoms with Crippen LogP contribution >= 0.6 is 33.2 Å². The lowest BCUT2D eigenvalue weighted by Crippen LogP contribution is -2.29. The monoisotopic (exact) mass is 246 g/mol. The van der Waals surface area contributed by atoms with Gasteiger partial charge in [-0.1, -0.05) is 34.1 Å². The third-order valence-electron chi connectivity index (χ3n) is 2.35. The van der Waals surface area contributed by atoms with Crippen molar-refractivity contribution in [3.8, 4) is 0 Å². The molecule has 4 heteroatoms. The van der Waals surface area contributed by atoms with Gasteiger partial charge >= 0.3 is 6.00 Å². The summed E-state index contributed by atoms with van der Waals surface area (Å²) in [5, 5.41) is 0. The van der Waals surface area contributed by atoms with E-state index in [0.29, 0.717) is 11.8 Å². The van der Waals surface area contributed by atoms with E-state index in [1.807, 2.05) is 0 Å². The molecule has 0 spiro atoms. The maximum atomic E-state index is 6.04. The molecule has 0 rings (SSSR count). The first-order chi connectivity index (χ1) is 5.30. The van der Waals surface area contributed by atoms with E-state index in [-0.39, 0.29) is 5.54 Å². The van der Waals surface area contributed by atoms with Crippen molar-refractivity contribution in [3.63, 3.8) is 0 Å². The molecule has 0 aromatic carbocycles. The Bertz CT molecular complexity index is 131. The number of rotatable bonds is 4. The Balaban J connectivity index is 4.44. The summed E-state index contributed by atoms with van der Waals surface area (Å²) >= 11 is 18.1. The molecule has 0 amide bonds. The number of hydrogen-bond acceptors (Lipinski definition) is 0. The van der Waals surface area contributed by atoms with E-state index < -0.39 is 6.00 Å². The van der Waals surface area contributed by atoms with Crippen molar-refractivity contribution in [1.29, 1.82) is 0 Å². The smallest absolute Gasteiger partial charge is 0.126 e. The molecule has 0 fully saturated rings. The van der Waals surface area contributed by atoms with Gasteiger partial charge in [0.1, 0.15) is 0 Å². The third kappa shape index (κ3) is 3.86. The van der Waals surface area contributed by atoms with Gasteiger partial charge in [-0.3, -0.25) is 0 Å². The summed E-state index contributed by atoms with van der Waals surface area (Å²) in [6.07, 6.45) is 1.09. The highest BCUT2D eigenvalue weighted by molar-refractivity contribution is 7.65. The Hall–Kier alpha value is 1.09. The highest BCUT2D eigenvalue weighted by atomic mass is 35.8. The van der Waals surface area contributed by atoms with Crippen molar-refractivity contribution >= 4 is 39.2 Å². The molecular formula is C8H17Cl3Si. The topological polar surface area (TPSA) is 0 Å². The summed E-state index contributed by atoms with van der Waals surface area (Å²) in [6.45, 7) is 8.57. The van der Waals surface area contributed by atoms with Crippen LogP contribution in [-0.2, 0) is 0 Å². The van der Waals surface area contributed by atoms with Crippen molar-refractivity contribution in [2.75, 3.05) is 0 Å². The Labute approximate surface area is 90.7 Å². The Morgan fingerprint density at radius 1 is 1.08 bits per heavy atom. The van der Waals surface area contributed by atoms with Crippen LogP contribution < -0.4 is 0 Å². The lowest BCUT2D eigenvalue weighted by molar-refractivity contribution is 0.424. The van der Waals surface area contributed by atoms with Gasteiger partial charge in [0.25, 0.3) is 0 Å². The normalized spacial score (nSPS) is 18.0. The van der Waals surface area contributed by atoms with Crippen molar-refractivity contribution in [2.24, 2.45) is 11.8 Å². The fourth-order valence-electron chi connectivity index (χ4n) is 1.61. The van der Waals surface area contributed by atoms with E-state index in [1.165, 1.54) is 0 Å². The van der Waals surface area contributed by atoms with Crippen molar-refractivity contribution in [1.82, 2.24) is 0 Å². The Morgan fingerprint density at radius 2 is 1.50 bits per heavy atom. The number of halogens is 3. The summed E-state index contributed by atoms with van der Waals surface area (Å²) < 4.78 is 0. The molecule has 0 saturated heterocycles. The van der Waals surface area contributed by atoms with Gasteiger partial charge in [0.2, 0.25) is 0 Å². The molecule has 2 atom stereocenters. The second kappa shape index (κ2) is 5.09. The first kappa shape index (κ1) is 13.1. The minimum absolute atomic E-state index is 0.285. The van der Waals surface area contributed by atoms with Crippen molar-refractivity contribution < 1.29 is 0 Å². The van der Waals surface area contributed by atoms with Crippen LogP contribution in [-0.4, -0.2) is 6.00 Å². The quantitative estimate of drug-likeness (QED) is 0.498. The predicted molar refractivity (Wildman–Crippen MR) is 61.4 cm³/mol. The summed E-state index contributed by atoms with van der Waals surface area (Å²) in [4.78, 5) is 0. The van der Waals surface area contributed by atoms with Crippen LogP contribution in [0.5, 0.6) is 0 Å². The van der Waals surface area contributed by atoms with E-state index in [1.54, 1.807) is 0 Å². The van der Waals surface area contributed by atoms with Crippen LogP contribution in [0.3, 0.4) is 0 Å². The highest BCUT2D eigenvalue weighted by Crippen LogP contribution is 2.45. The molecule has 0 heterocycles. The van der Waals surface area contributed by atoms with Gasteiger partial charge in [0.15, 0.2) is 0 Å². The molecule has 0 aliphatic carbocycles. The van der Waals surface area contributed by atoms with Gasteiger partial charge in [-0.15, -0.1) is 33.2 Å². The number of hydrogen-bond donors (Lipinski definition) is 0. The first-order valence-corrected chi connectivity index (χ1v) is 9.48. The Kier molecular flexibility index (Phi) is 5.55. The molecule has 0 radical (unpaired) electrons. The molecule has 0 aromatic heterocycles. The van der Waals surface area contributed by atoms with Crippen LogP contribution in [0.1, 0.15) is 34.1 Å². The van der Waals surface area contributed by atoms with E-state index in [4.69, 9.17) is 33.2 Å². The SMILES string of the molecule is CCC(C)C(C(C)C)[Si](Cl)(Cl)Cl. The summed E-state index contributed by atoms with van der Waals surface area (Å²) in [6, 6.07) is -2.52. The van der Waals surface area contributed by atoms with Gasteiger partial charge in [-0.2, -0.15) is 0 Å². The largest absolute Gasteiger partial charge is 0.344 e. The predicted octanol–water partition coefficient (Wildman–Crippen LogP) is 4.71. The van der Waals surface area contributed by atoms with E-state index in [0.717, 1.165) is 6.42 Å². The second-order valence-electron chi connectivity index (χ2n) is 3.70. The van der Waals surface area contributed by atoms with E-state index in [2.05, 4.69) is 27.7 Å². The van der Waals surface area contributed by atoms with Crippen molar-refractivity contribution in [3.05, 3.63) is 0 Å². The average molecular weight is 248 g/mol. The van der Waals surface area contributed by atoms with Crippen LogP contribution in [0.25, 0.3) is 0 Å². The zero-order chi connectivity index (χ0) is 9.94. The van der Waals surface area contributed by atoms with Crippen LogP contribution in [0.4, 0.5) is 0 Å². The molecule has 0 N–H and O–H groups in total. The maximum Gasteiger partial charge on any atom is 0.344 e.